The molecule has 2 N–H and O–H groups in total. The number of aliphatic imine (C=N–C) groups is 1. The zero-order valence-corrected chi connectivity index (χ0v) is 17.2. The number of ether oxygens (including phenoxy) is 3. The molecule has 0 atom stereocenters. The van der Waals surface area contributed by atoms with Gasteiger partial charge in [0.05, 0.1) is 33.5 Å². The zero-order chi connectivity index (χ0) is 16.7. The number of nitrogens with zero attached hydrogens (tertiary/aromatic N) is 1. The second-order valence-corrected chi connectivity index (χ2v) is 5.92. The third kappa shape index (κ3) is 5.70. The van der Waals surface area contributed by atoms with E-state index in [1.807, 2.05) is 32.0 Å². The molecule has 0 aromatic heterocycles. The van der Waals surface area contributed by atoms with Crippen LogP contribution >= 0.6 is 24.0 Å². The summed E-state index contributed by atoms with van der Waals surface area (Å²) < 4.78 is 16.2. The van der Waals surface area contributed by atoms with Crippen LogP contribution in [-0.2, 0) is 4.74 Å². The average molecular weight is 449 g/mol. The van der Waals surface area contributed by atoms with Crippen LogP contribution in [-0.4, -0.2) is 46.0 Å². The highest BCUT2D eigenvalue weighted by Gasteiger charge is 2.33. The summed E-state index contributed by atoms with van der Waals surface area (Å²) in [5.74, 6) is 2.19. The van der Waals surface area contributed by atoms with Gasteiger partial charge in [0, 0.05) is 23.7 Å². The van der Waals surface area contributed by atoms with E-state index in [2.05, 4.69) is 22.5 Å². The summed E-state index contributed by atoms with van der Waals surface area (Å²) in [6.07, 6.45) is 0. The molecule has 7 heteroatoms. The van der Waals surface area contributed by atoms with Crippen molar-refractivity contribution >= 4 is 35.6 Å². The van der Waals surface area contributed by atoms with E-state index in [1.165, 1.54) is 0 Å². The fourth-order valence-corrected chi connectivity index (χ4v) is 2.28. The van der Waals surface area contributed by atoms with Gasteiger partial charge in [0.1, 0.15) is 0 Å². The van der Waals surface area contributed by atoms with Crippen LogP contribution < -0.4 is 20.1 Å². The molecule has 0 amide bonds. The van der Waals surface area contributed by atoms with Crippen molar-refractivity contribution in [2.45, 2.75) is 20.8 Å². The molecule has 1 aliphatic heterocycles. The lowest BCUT2D eigenvalue weighted by Gasteiger charge is -2.36. The van der Waals surface area contributed by atoms with Gasteiger partial charge in [0.15, 0.2) is 17.5 Å². The molecule has 1 fully saturated rings. The minimum absolute atomic E-state index is 0. The highest BCUT2D eigenvalue weighted by atomic mass is 127. The predicted molar refractivity (Wildman–Crippen MR) is 108 cm³/mol. The number of nitrogens with one attached hydrogen (secondary N) is 2. The summed E-state index contributed by atoms with van der Waals surface area (Å²) in [6, 6.07) is 5.76. The first kappa shape index (κ1) is 20.8. The number of rotatable bonds is 7. The highest BCUT2D eigenvalue weighted by Crippen LogP contribution is 2.30. The SMILES string of the molecule is CCNC(=NCC1(C)COC1)Nc1ccc(OCC)c(OC)c1.I. The van der Waals surface area contributed by atoms with Gasteiger partial charge in [-0.3, -0.25) is 4.99 Å². The second-order valence-electron chi connectivity index (χ2n) is 5.92. The lowest BCUT2D eigenvalue weighted by molar-refractivity contribution is -0.0945. The first-order valence-corrected chi connectivity index (χ1v) is 8.04. The summed E-state index contributed by atoms with van der Waals surface area (Å²) in [7, 11) is 1.64. The van der Waals surface area contributed by atoms with Crippen LogP contribution in [0.4, 0.5) is 5.69 Å². The Morgan fingerprint density at radius 3 is 2.58 bits per heavy atom. The van der Waals surface area contributed by atoms with Crippen molar-refractivity contribution in [3.8, 4) is 11.5 Å². The monoisotopic (exact) mass is 449 g/mol. The summed E-state index contributed by atoms with van der Waals surface area (Å²) in [6.45, 7) is 9.86. The van der Waals surface area contributed by atoms with E-state index in [1.54, 1.807) is 7.11 Å². The summed E-state index contributed by atoms with van der Waals surface area (Å²) in [5.41, 5.74) is 1.05. The van der Waals surface area contributed by atoms with Crippen LogP contribution in [0.25, 0.3) is 0 Å². The Kier molecular flexibility index (Phi) is 8.61. The Bertz CT molecular complexity index is 548. The van der Waals surface area contributed by atoms with E-state index in [4.69, 9.17) is 14.2 Å². The maximum atomic E-state index is 5.54. The Morgan fingerprint density at radius 1 is 1.29 bits per heavy atom. The lowest BCUT2D eigenvalue weighted by Crippen LogP contribution is -2.43. The van der Waals surface area contributed by atoms with Gasteiger partial charge in [0.25, 0.3) is 0 Å². The molecule has 6 nitrogen and oxygen atoms in total. The van der Waals surface area contributed by atoms with Crippen LogP contribution in [0.1, 0.15) is 20.8 Å². The standard InChI is InChI=1S/C17H27N3O3.HI/c1-5-18-16(19-10-17(3)11-22-12-17)20-13-7-8-14(23-6-2)15(9-13)21-4;/h7-9H,5-6,10-12H2,1-4H3,(H2,18,19,20);1H. The van der Waals surface area contributed by atoms with Crippen molar-refractivity contribution in [2.75, 3.05) is 45.3 Å². The number of anilines is 1. The molecule has 0 unspecified atom stereocenters. The first-order chi connectivity index (χ1) is 11.1. The number of guanidine groups is 1. The number of hydrogen-bond donors (Lipinski definition) is 2. The van der Waals surface area contributed by atoms with Gasteiger partial charge in [-0.15, -0.1) is 24.0 Å². The van der Waals surface area contributed by atoms with Crippen LogP contribution in [0.15, 0.2) is 23.2 Å². The lowest BCUT2D eigenvalue weighted by atomic mass is 9.89. The van der Waals surface area contributed by atoms with Gasteiger partial charge in [-0.1, -0.05) is 6.92 Å². The molecular weight excluding hydrogens is 421 g/mol. The van der Waals surface area contributed by atoms with Crippen molar-refractivity contribution < 1.29 is 14.2 Å². The smallest absolute Gasteiger partial charge is 0.195 e. The van der Waals surface area contributed by atoms with Crippen LogP contribution in [0.2, 0.25) is 0 Å². The molecule has 1 aromatic carbocycles. The minimum Gasteiger partial charge on any atom is -0.493 e. The molecular formula is C17H28IN3O3. The molecule has 24 heavy (non-hydrogen) atoms. The minimum atomic E-state index is 0. The molecule has 136 valence electrons. The molecule has 1 heterocycles. The predicted octanol–water partition coefficient (Wildman–Crippen LogP) is 3.13. The Labute approximate surface area is 161 Å². The Morgan fingerprint density at radius 2 is 2.04 bits per heavy atom. The molecule has 1 aromatic rings. The van der Waals surface area contributed by atoms with Crippen LogP contribution in [0.3, 0.4) is 0 Å². The molecule has 0 radical (unpaired) electrons. The fourth-order valence-electron chi connectivity index (χ4n) is 2.28. The number of halogens is 1. The van der Waals surface area contributed by atoms with Gasteiger partial charge in [0.2, 0.25) is 0 Å². The molecule has 1 saturated heterocycles. The van der Waals surface area contributed by atoms with Gasteiger partial charge >= 0.3 is 0 Å². The maximum absolute atomic E-state index is 5.54. The van der Waals surface area contributed by atoms with Crippen LogP contribution in [0, 0.1) is 5.41 Å². The highest BCUT2D eigenvalue weighted by molar-refractivity contribution is 14.0. The molecule has 0 bridgehead atoms. The van der Waals surface area contributed by atoms with Gasteiger partial charge in [-0.05, 0) is 26.0 Å². The van der Waals surface area contributed by atoms with E-state index in [0.29, 0.717) is 12.4 Å². The van der Waals surface area contributed by atoms with Gasteiger partial charge in [-0.2, -0.15) is 0 Å². The van der Waals surface area contributed by atoms with Crippen molar-refractivity contribution in [3.63, 3.8) is 0 Å². The van der Waals surface area contributed by atoms with Gasteiger partial charge < -0.3 is 24.8 Å². The second kappa shape index (κ2) is 9.93. The summed E-state index contributed by atoms with van der Waals surface area (Å²) in [5, 5.41) is 6.56. The normalized spacial score (nSPS) is 15.8. The number of hydrogen-bond acceptors (Lipinski definition) is 4. The first-order valence-electron chi connectivity index (χ1n) is 8.04. The van der Waals surface area contributed by atoms with E-state index < -0.39 is 0 Å². The maximum Gasteiger partial charge on any atom is 0.195 e. The van der Waals surface area contributed by atoms with Gasteiger partial charge in [-0.25, -0.2) is 0 Å². The quantitative estimate of drug-likeness (QED) is 0.381. The molecule has 1 aliphatic rings. The third-order valence-electron chi connectivity index (χ3n) is 3.59. The largest absolute Gasteiger partial charge is 0.493 e. The zero-order valence-electron chi connectivity index (χ0n) is 14.8. The average Bonchev–Trinajstić information content (AvgIpc) is 2.52. The van der Waals surface area contributed by atoms with E-state index in [9.17, 15) is 0 Å². The van der Waals surface area contributed by atoms with Crippen molar-refractivity contribution in [3.05, 3.63) is 18.2 Å². The number of methoxy groups -OCH3 is 1. The van der Waals surface area contributed by atoms with E-state index in [0.717, 1.165) is 43.7 Å². The van der Waals surface area contributed by atoms with E-state index >= 15 is 0 Å². The third-order valence-corrected chi connectivity index (χ3v) is 3.59. The number of benzene rings is 1. The van der Waals surface area contributed by atoms with Crippen LogP contribution in [0.5, 0.6) is 11.5 Å². The fraction of sp³-hybridized carbons (Fsp3) is 0.588. The summed E-state index contributed by atoms with van der Waals surface area (Å²) >= 11 is 0. The van der Waals surface area contributed by atoms with Crippen molar-refractivity contribution in [1.82, 2.24) is 5.32 Å². The van der Waals surface area contributed by atoms with Crippen molar-refractivity contribution in [1.29, 1.82) is 0 Å². The van der Waals surface area contributed by atoms with Crippen molar-refractivity contribution in [2.24, 2.45) is 10.4 Å². The molecule has 0 saturated carbocycles. The Hall–Kier alpha value is -1.22. The Balaban J connectivity index is 0.00000288. The molecule has 2 rings (SSSR count). The molecule has 0 aliphatic carbocycles. The van der Waals surface area contributed by atoms with E-state index in [-0.39, 0.29) is 29.4 Å². The summed E-state index contributed by atoms with van der Waals surface area (Å²) in [4.78, 5) is 4.66. The molecule has 0 spiro atoms. The topological polar surface area (TPSA) is 64.1 Å².